The maximum atomic E-state index is 12.5. The second kappa shape index (κ2) is 9.47. The summed E-state index contributed by atoms with van der Waals surface area (Å²) in [7, 11) is -3.85. The van der Waals surface area contributed by atoms with Gasteiger partial charge in [-0.15, -0.1) is 0 Å². The van der Waals surface area contributed by atoms with Gasteiger partial charge in [0.15, 0.2) is 0 Å². The molecule has 12 heteroatoms. The topological polar surface area (TPSA) is 154 Å². The Morgan fingerprint density at radius 2 is 1.50 bits per heavy atom. The fourth-order valence-electron chi connectivity index (χ4n) is 2.87. The molecule has 0 radical (unpaired) electrons. The lowest BCUT2D eigenvalue weighted by Crippen LogP contribution is -2.33. The third kappa shape index (κ3) is 5.82. The monoisotopic (exact) mass is 459 g/mol. The van der Waals surface area contributed by atoms with Gasteiger partial charge in [0.25, 0.3) is 10.0 Å². The molecule has 5 amide bonds. The molecule has 0 unspecified atom stereocenters. The van der Waals surface area contributed by atoms with Crippen molar-refractivity contribution in [2.24, 2.45) is 0 Å². The van der Waals surface area contributed by atoms with Crippen LogP contribution in [0.4, 0.5) is 21.9 Å². The number of amides is 5. The number of imide groups is 1. The van der Waals surface area contributed by atoms with E-state index in [1.54, 1.807) is 0 Å². The molecule has 1 heterocycles. The Morgan fingerprint density at radius 3 is 2.06 bits per heavy atom. The third-order valence-electron chi connectivity index (χ3n) is 4.41. The SMILES string of the molecule is CC(=O)Nc1ccc(S(=O)(=O)Nc2ccc(NC(=O)CCN3C(=O)CNC3=O)cc2)cc1. The van der Waals surface area contributed by atoms with E-state index in [0.717, 1.165) is 4.90 Å². The minimum absolute atomic E-state index is 0.0180. The molecule has 1 saturated heterocycles. The van der Waals surface area contributed by atoms with E-state index in [-0.39, 0.29) is 41.9 Å². The summed E-state index contributed by atoms with van der Waals surface area (Å²) in [6, 6.07) is 11.2. The lowest BCUT2D eigenvalue weighted by atomic mass is 10.2. The molecule has 168 valence electrons. The van der Waals surface area contributed by atoms with E-state index in [1.807, 2.05) is 0 Å². The number of carbonyl (C=O) groups is 4. The van der Waals surface area contributed by atoms with E-state index in [1.165, 1.54) is 55.5 Å². The maximum absolute atomic E-state index is 12.5. The van der Waals surface area contributed by atoms with Gasteiger partial charge in [0.1, 0.15) is 0 Å². The van der Waals surface area contributed by atoms with Gasteiger partial charge in [-0.2, -0.15) is 0 Å². The molecule has 1 fully saturated rings. The summed E-state index contributed by atoms with van der Waals surface area (Å²) in [6.45, 7) is 1.25. The van der Waals surface area contributed by atoms with Crippen molar-refractivity contribution in [3.63, 3.8) is 0 Å². The highest BCUT2D eigenvalue weighted by Gasteiger charge is 2.28. The number of rotatable bonds is 8. The zero-order chi connectivity index (χ0) is 23.3. The van der Waals surface area contributed by atoms with Crippen LogP contribution in [0.5, 0.6) is 0 Å². The summed E-state index contributed by atoms with van der Waals surface area (Å²) < 4.78 is 27.5. The Bertz CT molecular complexity index is 1130. The van der Waals surface area contributed by atoms with Crippen molar-refractivity contribution in [3.05, 3.63) is 48.5 Å². The van der Waals surface area contributed by atoms with Crippen LogP contribution in [0.3, 0.4) is 0 Å². The number of anilines is 3. The van der Waals surface area contributed by atoms with E-state index in [9.17, 15) is 27.6 Å². The number of hydrogen-bond donors (Lipinski definition) is 4. The van der Waals surface area contributed by atoms with Crippen molar-refractivity contribution in [2.75, 3.05) is 28.4 Å². The molecule has 0 bridgehead atoms. The smallest absolute Gasteiger partial charge is 0.324 e. The predicted octanol–water partition coefficient (Wildman–Crippen LogP) is 1.33. The normalized spacial score (nSPS) is 13.5. The van der Waals surface area contributed by atoms with Crippen molar-refractivity contribution in [1.82, 2.24) is 10.2 Å². The van der Waals surface area contributed by atoms with E-state index < -0.39 is 22.0 Å². The molecule has 0 aromatic heterocycles. The van der Waals surface area contributed by atoms with E-state index in [2.05, 4.69) is 20.7 Å². The minimum atomic E-state index is -3.85. The standard InChI is InChI=1S/C20H21N5O6S/c1-13(26)22-14-6-8-17(9-7-14)32(30,31)24-16-4-2-15(3-5-16)23-18(27)10-11-25-19(28)12-21-20(25)29/h2-9,24H,10-12H2,1H3,(H,21,29)(H,22,26)(H,23,27). The van der Waals surface area contributed by atoms with Crippen LogP contribution in [0, 0.1) is 0 Å². The van der Waals surface area contributed by atoms with E-state index in [4.69, 9.17) is 0 Å². The average Bonchev–Trinajstić information content (AvgIpc) is 3.05. The zero-order valence-electron chi connectivity index (χ0n) is 17.0. The maximum Gasteiger partial charge on any atom is 0.324 e. The number of nitrogens with zero attached hydrogens (tertiary/aromatic N) is 1. The highest BCUT2D eigenvalue weighted by molar-refractivity contribution is 7.92. The number of urea groups is 1. The molecule has 0 aliphatic carbocycles. The van der Waals surface area contributed by atoms with Gasteiger partial charge in [-0.05, 0) is 48.5 Å². The second-order valence-corrected chi connectivity index (χ2v) is 8.57. The van der Waals surface area contributed by atoms with Crippen molar-refractivity contribution < 1.29 is 27.6 Å². The van der Waals surface area contributed by atoms with Gasteiger partial charge < -0.3 is 16.0 Å². The van der Waals surface area contributed by atoms with Crippen LogP contribution in [0.1, 0.15) is 13.3 Å². The first-order valence-corrected chi connectivity index (χ1v) is 11.0. The highest BCUT2D eigenvalue weighted by Crippen LogP contribution is 2.20. The van der Waals surface area contributed by atoms with Gasteiger partial charge >= 0.3 is 6.03 Å². The molecule has 2 aromatic rings. The fourth-order valence-corrected chi connectivity index (χ4v) is 3.93. The van der Waals surface area contributed by atoms with Crippen LogP contribution in [-0.4, -0.2) is 50.2 Å². The van der Waals surface area contributed by atoms with Gasteiger partial charge in [-0.3, -0.25) is 24.0 Å². The van der Waals surface area contributed by atoms with Crippen LogP contribution in [0.25, 0.3) is 0 Å². The molecular weight excluding hydrogens is 438 g/mol. The van der Waals surface area contributed by atoms with Crippen molar-refractivity contribution in [2.45, 2.75) is 18.2 Å². The Kier molecular flexibility index (Phi) is 6.73. The summed E-state index contributed by atoms with van der Waals surface area (Å²) in [5.74, 6) is -1.05. The average molecular weight is 459 g/mol. The molecule has 4 N–H and O–H groups in total. The zero-order valence-corrected chi connectivity index (χ0v) is 17.9. The molecule has 0 spiro atoms. The molecule has 1 aliphatic rings. The van der Waals surface area contributed by atoms with Gasteiger partial charge in [0, 0.05) is 37.0 Å². The van der Waals surface area contributed by atoms with Gasteiger partial charge in [-0.1, -0.05) is 0 Å². The first-order valence-electron chi connectivity index (χ1n) is 9.52. The molecule has 3 rings (SSSR count). The summed E-state index contributed by atoms with van der Waals surface area (Å²) in [6.07, 6.45) is -0.0674. The number of nitrogens with one attached hydrogen (secondary N) is 4. The van der Waals surface area contributed by atoms with Crippen LogP contribution in [0.15, 0.2) is 53.4 Å². The lowest BCUT2D eigenvalue weighted by Gasteiger charge is -2.12. The molecular formula is C20H21N5O6S. The molecule has 2 aromatic carbocycles. The predicted molar refractivity (Wildman–Crippen MR) is 116 cm³/mol. The highest BCUT2D eigenvalue weighted by atomic mass is 32.2. The lowest BCUT2D eigenvalue weighted by molar-refractivity contribution is -0.125. The van der Waals surface area contributed by atoms with Crippen molar-refractivity contribution in [3.8, 4) is 0 Å². The molecule has 1 aliphatic heterocycles. The number of benzene rings is 2. The van der Waals surface area contributed by atoms with Gasteiger partial charge in [0.05, 0.1) is 11.4 Å². The third-order valence-corrected chi connectivity index (χ3v) is 5.80. The van der Waals surface area contributed by atoms with Crippen LogP contribution in [0.2, 0.25) is 0 Å². The number of hydrogen-bond acceptors (Lipinski definition) is 6. The number of sulfonamides is 1. The molecule has 32 heavy (non-hydrogen) atoms. The number of carbonyl (C=O) groups excluding carboxylic acids is 4. The molecule has 11 nitrogen and oxygen atoms in total. The van der Waals surface area contributed by atoms with Crippen molar-refractivity contribution >= 4 is 50.8 Å². The van der Waals surface area contributed by atoms with Crippen LogP contribution < -0.4 is 20.7 Å². The summed E-state index contributed by atoms with van der Waals surface area (Å²) in [4.78, 5) is 47.1. The van der Waals surface area contributed by atoms with Crippen LogP contribution >= 0.6 is 0 Å². The minimum Gasteiger partial charge on any atom is -0.329 e. The first kappa shape index (κ1) is 22.7. The van der Waals surface area contributed by atoms with Crippen molar-refractivity contribution in [1.29, 1.82) is 0 Å². The summed E-state index contributed by atoms with van der Waals surface area (Å²) >= 11 is 0. The van der Waals surface area contributed by atoms with E-state index >= 15 is 0 Å². The Balaban J connectivity index is 1.55. The van der Waals surface area contributed by atoms with E-state index in [0.29, 0.717) is 11.4 Å². The van der Waals surface area contributed by atoms with Gasteiger partial charge in [-0.25, -0.2) is 13.2 Å². The fraction of sp³-hybridized carbons (Fsp3) is 0.200. The Labute approximate surface area is 184 Å². The summed E-state index contributed by atoms with van der Waals surface area (Å²) in [5.41, 5.74) is 1.19. The Morgan fingerprint density at radius 1 is 0.938 bits per heavy atom. The summed E-state index contributed by atoms with van der Waals surface area (Å²) in [5, 5.41) is 7.55. The second-order valence-electron chi connectivity index (χ2n) is 6.89. The molecule has 0 saturated carbocycles. The largest absolute Gasteiger partial charge is 0.329 e. The van der Waals surface area contributed by atoms with Crippen LogP contribution in [-0.2, 0) is 24.4 Å². The first-order chi connectivity index (χ1) is 15.1. The Hall–Kier alpha value is -3.93. The van der Waals surface area contributed by atoms with Gasteiger partial charge in [0.2, 0.25) is 17.7 Å². The molecule has 0 atom stereocenters. The quantitative estimate of drug-likeness (QED) is 0.437.